The molecule has 0 unspecified atom stereocenters. The molecular weight excluding hydrogens is 295 g/mol. The number of pyridine rings is 1. The van der Waals surface area contributed by atoms with Gasteiger partial charge >= 0.3 is 0 Å². The summed E-state index contributed by atoms with van der Waals surface area (Å²) < 4.78 is 18.6. The SMILES string of the molecule is CC(C)CNC(N)=NCc1ccc(Oc2cccc(F)c2)nc1. The average Bonchev–Trinajstić information content (AvgIpc) is 2.52. The number of nitrogens with zero attached hydrogens (tertiary/aromatic N) is 2. The van der Waals surface area contributed by atoms with E-state index in [0.717, 1.165) is 12.1 Å². The molecule has 6 heteroatoms. The maximum absolute atomic E-state index is 13.1. The highest BCUT2D eigenvalue weighted by atomic mass is 19.1. The molecule has 0 aliphatic heterocycles. The van der Waals surface area contributed by atoms with Crippen molar-refractivity contribution in [3.05, 3.63) is 54.0 Å². The van der Waals surface area contributed by atoms with Crippen LogP contribution in [0.15, 0.2) is 47.6 Å². The summed E-state index contributed by atoms with van der Waals surface area (Å²) in [6, 6.07) is 9.49. The van der Waals surface area contributed by atoms with E-state index in [9.17, 15) is 4.39 Å². The van der Waals surface area contributed by atoms with Crippen LogP contribution in [0.4, 0.5) is 4.39 Å². The third-order valence-corrected chi connectivity index (χ3v) is 2.94. The first-order valence-electron chi connectivity index (χ1n) is 7.45. The van der Waals surface area contributed by atoms with Crippen molar-refractivity contribution in [2.75, 3.05) is 6.54 Å². The molecule has 23 heavy (non-hydrogen) atoms. The smallest absolute Gasteiger partial charge is 0.219 e. The molecule has 1 aromatic heterocycles. The molecular formula is C17H21FN4O. The molecule has 1 aromatic carbocycles. The van der Waals surface area contributed by atoms with Crippen LogP contribution in [0.3, 0.4) is 0 Å². The summed E-state index contributed by atoms with van der Waals surface area (Å²) in [6.07, 6.45) is 1.66. The first-order valence-corrected chi connectivity index (χ1v) is 7.45. The molecule has 0 aliphatic rings. The van der Waals surface area contributed by atoms with E-state index in [0.29, 0.717) is 30.1 Å². The average molecular weight is 316 g/mol. The Morgan fingerprint density at radius 1 is 1.35 bits per heavy atom. The predicted molar refractivity (Wildman–Crippen MR) is 88.9 cm³/mol. The van der Waals surface area contributed by atoms with Crippen molar-refractivity contribution in [2.24, 2.45) is 16.6 Å². The summed E-state index contributed by atoms with van der Waals surface area (Å²) in [5.74, 6) is 1.38. The number of rotatable bonds is 6. The van der Waals surface area contributed by atoms with Crippen molar-refractivity contribution in [1.82, 2.24) is 10.3 Å². The standard InChI is InChI=1S/C17H21FN4O/c1-12(2)9-21-17(19)22-11-13-6-7-16(20-10-13)23-15-5-3-4-14(18)8-15/h3-8,10,12H,9,11H2,1-2H3,(H3,19,21,22). The van der Waals surface area contributed by atoms with Crippen LogP contribution < -0.4 is 15.8 Å². The predicted octanol–water partition coefficient (Wildman–Crippen LogP) is 3.07. The number of halogens is 1. The normalized spacial score (nSPS) is 11.6. The Hall–Kier alpha value is -2.63. The van der Waals surface area contributed by atoms with E-state index in [1.807, 2.05) is 6.07 Å². The van der Waals surface area contributed by atoms with Gasteiger partial charge in [-0.15, -0.1) is 0 Å². The topological polar surface area (TPSA) is 72.5 Å². The minimum absolute atomic E-state index is 0.349. The molecule has 0 saturated heterocycles. The Balaban J connectivity index is 1.90. The second kappa shape index (κ2) is 8.12. The van der Waals surface area contributed by atoms with Crippen LogP contribution in [-0.2, 0) is 6.54 Å². The van der Waals surface area contributed by atoms with Gasteiger partial charge in [0.1, 0.15) is 11.6 Å². The van der Waals surface area contributed by atoms with Crippen LogP contribution in [0, 0.1) is 11.7 Å². The number of guanidine groups is 1. The van der Waals surface area contributed by atoms with Gasteiger partial charge in [-0.1, -0.05) is 26.0 Å². The first kappa shape index (κ1) is 16.7. The quantitative estimate of drug-likeness (QED) is 0.634. The number of hydrogen-bond acceptors (Lipinski definition) is 3. The van der Waals surface area contributed by atoms with E-state index in [1.54, 1.807) is 24.4 Å². The summed E-state index contributed by atoms with van der Waals surface area (Å²) >= 11 is 0. The lowest BCUT2D eigenvalue weighted by Gasteiger charge is -2.08. The Labute approximate surface area is 135 Å². The van der Waals surface area contributed by atoms with Crippen molar-refractivity contribution in [2.45, 2.75) is 20.4 Å². The monoisotopic (exact) mass is 316 g/mol. The van der Waals surface area contributed by atoms with E-state index >= 15 is 0 Å². The van der Waals surface area contributed by atoms with Gasteiger partial charge in [0.2, 0.25) is 5.88 Å². The molecule has 2 rings (SSSR count). The fourth-order valence-corrected chi connectivity index (χ4v) is 1.76. The zero-order chi connectivity index (χ0) is 16.7. The lowest BCUT2D eigenvalue weighted by molar-refractivity contribution is 0.457. The lowest BCUT2D eigenvalue weighted by Crippen LogP contribution is -2.34. The minimum atomic E-state index is -0.349. The lowest BCUT2D eigenvalue weighted by atomic mass is 10.2. The third-order valence-electron chi connectivity index (χ3n) is 2.94. The molecule has 0 amide bonds. The van der Waals surface area contributed by atoms with E-state index in [2.05, 4.69) is 29.1 Å². The molecule has 5 nitrogen and oxygen atoms in total. The molecule has 1 heterocycles. The summed E-state index contributed by atoms with van der Waals surface area (Å²) in [5, 5.41) is 3.05. The van der Waals surface area contributed by atoms with Crippen molar-refractivity contribution < 1.29 is 9.13 Å². The zero-order valence-corrected chi connectivity index (χ0v) is 13.3. The van der Waals surface area contributed by atoms with Crippen LogP contribution in [0.5, 0.6) is 11.6 Å². The van der Waals surface area contributed by atoms with Crippen molar-refractivity contribution in [3.8, 4) is 11.6 Å². The zero-order valence-electron chi connectivity index (χ0n) is 13.3. The van der Waals surface area contributed by atoms with Gasteiger partial charge in [0.25, 0.3) is 0 Å². The number of ether oxygens (including phenoxy) is 1. The van der Waals surface area contributed by atoms with Crippen LogP contribution in [0.25, 0.3) is 0 Å². The van der Waals surface area contributed by atoms with Crippen LogP contribution in [-0.4, -0.2) is 17.5 Å². The van der Waals surface area contributed by atoms with Crippen molar-refractivity contribution >= 4 is 5.96 Å². The van der Waals surface area contributed by atoms with Crippen molar-refractivity contribution in [1.29, 1.82) is 0 Å². The fourth-order valence-electron chi connectivity index (χ4n) is 1.76. The van der Waals surface area contributed by atoms with Gasteiger partial charge in [-0.2, -0.15) is 0 Å². The molecule has 0 aliphatic carbocycles. The molecule has 2 aromatic rings. The highest BCUT2D eigenvalue weighted by Crippen LogP contribution is 2.20. The molecule has 0 bridgehead atoms. The van der Waals surface area contributed by atoms with Crippen molar-refractivity contribution in [3.63, 3.8) is 0 Å². The highest BCUT2D eigenvalue weighted by molar-refractivity contribution is 5.77. The Morgan fingerprint density at radius 3 is 2.83 bits per heavy atom. The number of aliphatic imine (C=N–C) groups is 1. The van der Waals surface area contributed by atoms with E-state index in [-0.39, 0.29) is 5.82 Å². The van der Waals surface area contributed by atoms with Gasteiger partial charge in [-0.3, -0.25) is 0 Å². The second-order valence-corrected chi connectivity index (χ2v) is 5.54. The van der Waals surface area contributed by atoms with E-state index < -0.39 is 0 Å². The Kier molecular flexibility index (Phi) is 5.91. The molecule has 0 atom stereocenters. The van der Waals surface area contributed by atoms with Crippen LogP contribution >= 0.6 is 0 Å². The van der Waals surface area contributed by atoms with Gasteiger partial charge in [0, 0.05) is 24.9 Å². The van der Waals surface area contributed by atoms with E-state index in [1.165, 1.54) is 12.1 Å². The summed E-state index contributed by atoms with van der Waals surface area (Å²) in [6.45, 7) is 5.42. The van der Waals surface area contributed by atoms with Gasteiger partial charge in [-0.05, 0) is 23.6 Å². The number of nitrogens with two attached hydrogens (primary N) is 1. The highest BCUT2D eigenvalue weighted by Gasteiger charge is 2.01. The Morgan fingerprint density at radius 2 is 2.17 bits per heavy atom. The fraction of sp³-hybridized carbons (Fsp3) is 0.294. The number of hydrogen-bond donors (Lipinski definition) is 2. The van der Waals surface area contributed by atoms with E-state index in [4.69, 9.17) is 10.5 Å². The summed E-state index contributed by atoms with van der Waals surface area (Å²) in [7, 11) is 0. The molecule has 0 radical (unpaired) electrons. The third kappa shape index (κ3) is 5.94. The minimum Gasteiger partial charge on any atom is -0.439 e. The maximum Gasteiger partial charge on any atom is 0.219 e. The summed E-state index contributed by atoms with van der Waals surface area (Å²) in [5.41, 5.74) is 6.68. The molecule has 0 saturated carbocycles. The molecule has 0 fully saturated rings. The number of nitrogens with one attached hydrogen (secondary N) is 1. The van der Waals surface area contributed by atoms with Gasteiger partial charge in [0.05, 0.1) is 6.54 Å². The number of aromatic nitrogens is 1. The largest absolute Gasteiger partial charge is 0.439 e. The van der Waals surface area contributed by atoms with Gasteiger partial charge in [0.15, 0.2) is 5.96 Å². The number of benzene rings is 1. The molecule has 122 valence electrons. The first-order chi connectivity index (χ1) is 11.0. The summed E-state index contributed by atoms with van der Waals surface area (Å²) in [4.78, 5) is 8.43. The second-order valence-electron chi connectivity index (χ2n) is 5.54. The van der Waals surface area contributed by atoms with Crippen LogP contribution in [0.2, 0.25) is 0 Å². The molecule has 0 spiro atoms. The van der Waals surface area contributed by atoms with Crippen LogP contribution in [0.1, 0.15) is 19.4 Å². The Bertz CT molecular complexity index is 656. The van der Waals surface area contributed by atoms with Gasteiger partial charge < -0.3 is 15.8 Å². The molecule has 3 N–H and O–H groups in total. The maximum atomic E-state index is 13.1. The van der Waals surface area contributed by atoms with Gasteiger partial charge in [-0.25, -0.2) is 14.4 Å².